The fourth-order valence-corrected chi connectivity index (χ4v) is 2.61. The predicted molar refractivity (Wildman–Crippen MR) is 82.3 cm³/mol. The van der Waals surface area contributed by atoms with Crippen molar-refractivity contribution >= 4 is 17.0 Å². The maximum absolute atomic E-state index is 11.1. The maximum atomic E-state index is 11.1. The summed E-state index contributed by atoms with van der Waals surface area (Å²) in [5, 5.41) is 12.8. The van der Waals surface area contributed by atoms with Crippen LogP contribution in [0.3, 0.4) is 0 Å². The molecular formula is C17H16N2O2. The van der Waals surface area contributed by atoms with Gasteiger partial charge in [-0.05, 0) is 23.6 Å². The van der Waals surface area contributed by atoms with Crippen LogP contribution in [0, 0.1) is 0 Å². The number of carbonyl (C=O) groups is 1. The summed E-state index contributed by atoms with van der Waals surface area (Å²) in [6.45, 7) is 0. The number of fused-ring (bicyclic) bond motifs is 1. The molecule has 4 nitrogen and oxygen atoms in total. The lowest BCUT2D eigenvalue weighted by molar-refractivity contribution is 0.190. The first-order chi connectivity index (χ1) is 10.2. The molecule has 1 atom stereocenters. The van der Waals surface area contributed by atoms with E-state index in [1.807, 2.05) is 60.8 Å². The molecule has 0 unspecified atom stereocenters. The van der Waals surface area contributed by atoms with Crippen molar-refractivity contribution in [2.24, 2.45) is 0 Å². The van der Waals surface area contributed by atoms with Crippen molar-refractivity contribution in [3.05, 3.63) is 71.9 Å². The quantitative estimate of drug-likeness (QED) is 0.682. The molecule has 21 heavy (non-hydrogen) atoms. The molecule has 0 aliphatic carbocycles. The first-order valence-corrected chi connectivity index (χ1v) is 6.83. The van der Waals surface area contributed by atoms with Gasteiger partial charge in [-0.1, -0.05) is 48.5 Å². The highest BCUT2D eigenvalue weighted by atomic mass is 16.4. The third kappa shape index (κ3) is 2.89. The number of rotatable bonds is 4. The minimum Gasteiger partial charge on any atom is -0.465 e. The van der Waals surface area contributed by atoms with Crippen LogP contribution in [-0.2, 0) is 6.42 Å². The number of hydrogen-bond acceptors (Lipinski definition) is 1. The highest BCUT2D eigenvalue weighted by molar-refractivity contribution is 5.83. The van der Waals surface area contributed by atoms with Crippen molar-refractivity contribution in [1.82, 2.24) is 10.3 Å². The van der Waals surface area contributed by atoms with Crippen LogP contribution in [0.2, 0.25) is 0 Å². The van der Waals surface area contributed by atoms with E-state index in [0.717, 1.165) is 22.0 Å². The smallest absolute Gasteiger partial charge is 0.405 e. The minimum absolute atomic E-state index is 0.261. The standard InChI is InChI=1S/C17H16N2O2/c20-17(21)19-16(12-6-2-1-3-7-12)10-13-11-18-15-9-5-4-8-14(13)15/h1-9,11,16,18-19H,10H2,(H,20,21)/t16-/m0/s1. The van der Waals surface area contributed by atoms with E-state index in [2.05, 4.69) is 10.3 Å². The number of aromatic amines is 1. The molecule has 1 amide bonds. The predicted octanol–water partition coefficient (Wildman–Crippen LogP) is 3.72. The van der Waals surface area contributed by atoms with Gasteiger partial charge >= 0.3 is 6.09 Å². The zero-order valence-corrected chi connectivity index (χ0v) is 11.4. The van der Waals surface area contributed by atoms with Crippen molar-refractivity contribution < 1.29 is 9.90 Å². The summed E-state index contributed by atoms with van der Waals surface area (Å²) < 4.78 is 0. The fourth-order valence-electron chi connectivity index (χ4n) is 2.61. The van der Waals surface area contributed by atoms with E-state index >= 15 is 0 Å². The maximum Gasteiger partial charge on any atom is 0.405 e. The number of amides is 1. The fraction of sp³-hybridized carbons (Fsp3) is 0.118. The number of nitrogens with one attached hydrogen (secondary N) is 2. The average molecular weight is 280 g/mol. The molecule has 0 saturated carbocycles. The second-order valence-electron chi connectivity index (χ2n) is 4.98. The number of H-pyrrole nitrogens is 1. The van der Waals surface area contributed by atoms with Crippen LogP contribution in [0.5, 0.6) is 0 Å². The molecule has 0 spiro atoms. The van der Waals surface area contributed by atoms with Gasteiger partial charge in [0, 0.05) is 17.1 Å². The number of benzene rings is 2. The first-order valence-electron chi connectivity index (χ1n) is 6.83. The summed E-state index contributed by atoms with van der Waals surface area (Å²) in [6, 6.07) is 17.4. The Bertz CT molecular complexity index is 750. The Morgan fingerprint density at radius 2 is 1.81 bits per heavy atom. The minimum atomic E-state index is -1.01. The largest absolute Gasteiger partial charge is 0.465 e. The summed E-state index contributed by atoms with van der Waals surface area (Å²) in [4.78, 5) is 14.3. The van der Waals surface area contributed by atoms with E-state index in [4.69, 9.17) is 5.11 Å². The highest BCUT2D eigenvalue weighted by Gasteiger charge is 2.16. The molecule has 0 saturated heterocycles. The molecule has 2 aromatic carbocycles. The molecule has 0 aliphatic heterocycles. The lowest BCUT2D eigenvalue weighted by Crippen LogP contribution is -2.28. The van der Waals surface area contributed by atoms with E-state index in [1.54, 1.807) is 0 Å². The van der Waals surface area contributed by atoms with Gasteiger partial charge in [0.2, 0.25) is 0 Å². The van der Waals surface area contributed by atoms with E-state index in [1.165, 1.54) is 0 Å². The molecule has 3 rings (SSSR count). The van der Waals surface area contributed by atoms with Crippen LogP contribution in [-0.4, -0.2) is 16.2 Å². The second kappa shape index (κ2) is 5.71. The summed E-state index contributed by atoms with van der Waals surface area (Å²) in [5.74, 6) is 0. The lowest BCUT2D eigenvalue weighted by atomic mass is 9.98. The molecule has 0 bridgehead atoms. The molecule has 3 aromatic rings. The first kappa shape index (κ1) is 13.2. The van der Waals surface area contributed by atoms with Crippen LogP contribution >= 0.6 is 0 Å². The Labute approximate surface area is 122 Å². The van der Waals surface area contributed by atoms with Gasteiger partial charge in [0.25, 0.3) is 0 Å². The second-order valence-corrected chi connectivity index (χ2v) is 4.98. The Hall–Kier alpha value is -2.75. The molecule has 0 radical (unpaired) electrons. The van der Waals surface area contributed by atoms with Gasteiger partial charge in [0.05, 0.1) is 6.04 Å². The highest BCUT2D eigenvalue weighted by Crippen LogP contribution is 2.24. The van der Waals surface area contributed by atoms with E-state index < -0.39 is 6.09 Å². The van der Waals surface area contributed by atoms with Crippen molar-refractivity contribution in [3.63, 3.8) is 0 Å². The monoisotopic (exact) mass is 280 g/mol. The number of carboxylic acid groups (broad SMARTS) is 1. The third-order valence-corrected chi connectivity index (χ3v) is 3.60. The topological polar surface area (TPSA) is 65.1 Å². The van der Waals surface area contributed by atoms with Crippen molar-refractivity contribution in [2.45, 2.75) is 12.5 Å². The molecule has 1 aromatic heterocycles. The lowest BCUT2D eigenvalue weighted by Gasteiger charge is -2.17. The number of para-hydroxylation sites is 1. The van der Waals surface area contributed by atoms with Crippen LogP contribution in [0.15, 0.2) is 60.8 Å². The van der Waals surface area contributed by atoms with Crippen LogP contribution in [0.25, 0.3) is 10.9 Å². The average Bonchev–Trinajstić information content (AvgIpc) is 2.90. The van der Waals surface area contributed by atoms with Crippen molar-refractivity contribution in [3.8, 4) is 0 Å². The SMILES string of the molecule is O=C(O)N[C@@H](Cc1c[nH]c2ccccc12)c1ccccc1. The summed E-state index contributed by atoms with van der Waals surface area (Å²) in [5.41, 5.74) is 3.13. The summed E-state index contributed by atoms with van der Waals surface area (Å²) in [6.07, 6.45) is 1.55. The van der Waals surface area contributed by atoms with Gasteiger partial charge in [-0.25, -0.2) is 4.79 Å². The molecule has 4 heteroatoms. The van der Waals surface area contributed by atoms with Gasteiger partial charge in [0.15, 0.2) is 0 Å². The molecule has 0 fully saturated rings. The number of aromatic nitrogens is 1. The summed E-state index contributed by atoms with van der Waals surface area (Å²) in [7, 11) is 0. The van der Waals surface area contributed by atoms with Crippen LogP contribution in [0.4, 0.5) is 4.79 Å². The Kier molecular flexibility index (Phi) is 3.60. The zero-order valence-electron chi connectivity index (χ0n) is 11.4. The molecule has 3 N–H and O–H groups in total. The Balaban J connectivity index is 1.93. The Morgan fingerprint density at radius 1 is 1.10 bits per heavy atom. The zero-order chi connectivity index (χ0) is 14.7. The van der Waals surface area contributed by atoms with E-state index in [9.17, 15) is 4.79 Å². The summed E-state index contributed by atoms with van der Waals surface area (Å²) >= 11 is 0. The number of hydrogen-bond donors (Lipinski definition) is 3. The normalized spacial score (nSPS) is 12.2. The van der Waals surface area contributed by atoms with E-state index in [-0.39, 0.29) is 6.04 Å². The van der Waals surface area contributed by atoms with Crippen molar-refractivity contribution in [2.75, 3.05) is 0 Å². The van der Waals surface area contributed by atoms with Gasteiger partial charge in [-0.2, -0.15) is 0 Å². The van der Waals surface area contributed by atoms with Gasteiger partial charge in [0.1, 0.15) is 0 Å². The third-order valence-electron chi connectivity index (χ3n) is 3.60. The van der Waals surface area contributed by atoms with Crippen molar-refractivity contribution in [1.29, 1.82) is 0 Å². The van der Waals surface area contributed by atoms with Gasteiger partial charge in [-0.15, -0.1) is 0 Å². The van der Waals surface area contributed by atoms with E-state index in [0.29, 0.717) is 6.42 Å². The Morgan fingerprint density at radius 3 is 2.57 bits per heavy atom. The molecular weight excluding hydrogens is 264 g/mol. The van der Waals surface area contributed by atoms with Gasteiger partial charge in [-0.3, -0.25) is 0 Å². The molecule has 1 heterocycles. The van der Waals surface area contributed by atoms with Crippen LogP contribution in [0.1, 0.15) is 17.2 Å². The van der Waals surface area contributed by atoms with Crippen LogP contribution < -0.4 is 5.32 Å². The molecule has 106 valence electrons. The molecule has 0 aliphatic rings. The van der Waals surface area contributed by atoms with Gasteiger partial charge < -0.3 is 15.4 Å².